The Morgan fingerprint density at radius 2 is 2.00 bits per heavy atom. The number of nitrogens with one attached hydrogen (secondary N) is 1. The fraction of sp³-hybridized carbons (Fsp3) is 0.333. The van der Waals surface area contributed by atoms with Crippen molar-refractivity contribution in [1.29, 1.82) is 0 Å². The Kier molecular flexibility index (Phi) is 6.33. The van der Waals surface area contributed by atoms with Crippen molar-refractivity contribution in [3.63, 3.8) is 0 Å². The Morgan fingerprint density at radius 3 is 2.79 bits per heavy atom. The molecular formula is C21H23FN3O3S+. The molecule has 1 aromatic heterocycles. The predicted octanol–water partition coefficient (Wildman–Crippen LogP) is 1.76. The highest BCUT2D eigenvalue weighted by atomic mass is 32.1. The Balaban J connectivity index is 1.51. The van der Waals surface area contributed by atoms with Gasteiger partial charge in [-0.05, 0) is 30.3 Å². The monoisotopic (exact) mass is 416 g/mol. The predicted molar refractivity (Wildman–Crippen MR) is 110 cm³/mol. The van der Waals surface area contributed by atoms with Gasteiger partial charge in [0, 0.05) is 0 Å². The first-order valence-corrected chi connectivity index (χ1v) is 10.5. The number of aromatic nitrogens is 1. The van der Waals surface area contributed by atoms with E-state index in [2.05, 4.69) is 4.98 Å². The third kappa shape index (κ3) is 5.09. The van der Waals surface area contributed by atoms with E-state index in [4.69, 9.17) is 9.47 Å². The van der Waals surface area contributed by atoms with Gasteiger partial charge in [-0.3, -0.25) is 9.69 Å². The summed E-state index contributed by atoms with van der Waals surface area (Å²) in [7, 11) is 0. The summed E-state index contributed by atoms with van der Waals surface area (Å²) < 4.78 is 25.4. The lowest BCUT2D eigenvalue weighted by atomic mass is 10.3. The molecule has 2 heterocycles. The number of fused-ring (bicyclic) bond motifs is 1. The first-order chi connectivity index (χ1) is 14.2. The molecule has 1 aliphatic rings. The number of thiazole rings is 1. The fourth-order valence-electron chi connectivity index (χ4n) is 3.25. The van der Waals surface area contributed by atoms with Gasteiger partial charge in [0.2, 0.25) is 0 Å². The van der Waals surface area contributed by atoms with Crippen LogP contribution in [0.3, 0.4) is 0 Å². The highest BCUT2D eigenvalue weighted by molar-refractivity contribution is 7.22. The van der Waals surface area contributed by atoms with E-state index in [1.54, 1.807) is 11.0 Å². The van der Waals surface area contributed by atoms with Crippen molar-refractivity contribution in [3.05, 3.63) is 54.3 Å². The van der Waals surface area contributed by atoms with Gasteiger partial charge in [0.1, 0.15) is 24.7 Å². The molecule has 1 fully saturated rings. The summed E-state index contributed by atoms with van der Waals surface area (Å²) in [6, 6.07) is 13.7. The second-order valence-corrected chi connectivity index (χ2v) is 7.88. The van der Waals surface area contributed by atoms with Gasteiger partial charge in [-0.15, -0.1) is 0 Å². The topological polar surface area (TPSA) is 56.1 Å². The molecule has 6 nitrogen and oxygen atoms in total. The molecule has 0 aliphatic carbocycles. The van der Waals surface area contributed by atoms with Gasteiger partial charge in [-0.2, -0.15) is 0 Å². The Morgan fingerprint density at radius 1 is 1.21 bits per heavy atom. The highest BCUT2D eigenvalue weighted by Gasteiger charge is 2.23. The lowest BCUT2D eigenvalue weighted by Gasteiger charge is -2.26. The SMILES string of the molecule is O=C(COc1ccccc1)N(CC[NH+]1CCOCC1)c1nc2ccc(F)cc2s1. The number of nitrogens with zero attached hydrogens (tertiary/aromatic N) is 2. The van der Waals surface area contributed by atoms with Crippen LogP contribution in [0.1, 0.15) is 0 Å². The van der Waals surface area contributed by atoms with Crippen LogP contribution >= 0.6 is 11.3 Å². The van der Waals surface area contributed by atoms with Crippen LogP contribution in [-0.4, -0.2) is 56.9 Å². The molecule has 1 saturated heterocycles. The van der Waals surface area contributed by atoms with Crippen LogP contribution in [0, 0.1) is 5.82 Å². The molecule has 1 amide bonds. The molecule has 1 N–H and O–H groups in total. The zero-order valence-electron chi connectivity index (χ0n) is 16.0. The van der Waals surface area contributed by atoms with Crippen molar-refractivity contribution in [2.75, 3.05) is 50.9 Å². The third-order valence-electron chi connectivity index (χ3n) is 4.87. The number of halogens is 1. The van der Waals surface area contributed by atoms with E-state index >= 15 is 0 Å². The van der Waals surface area contributed by atoms with E-state index in [1.807, 2.05) is 30.3 Å². The number of benzene rings is 2. The Bertz CT molecular complexity index is 960. The summed E-state index contributed by atoms with van der Waals surface area (Å²) in [5, 5.41) is 0.569. The second kappa shape index (κ2) is 9.30. The van der Waals surface area contributed by atoms with Crippen molar-refractivity contribution in [2.24, 2.45) is 0 Å². The number of carbonyl (C=O) groups is 1. The largest absolute Gasteiger partial charge is 0.484 e. The van der Waals surface area contributed by atoms with E-state index in [9.17, 15) is 9.18 Å². The summed E-state index contributed by atoms with van der Waals surface area (Å²) in [4.78, 5) is 20.6. The number of rotatable bonds is 7. The van der Waals surface area contributed by atoms with Crippen molar-refractivity contribution >= 4 is 32.6 Å². The normalized spacial score (nSPS) is 14.8. The molecule has 3 aromatic rings. The number of ether oxygens (including phenoxy) is 2. The van der Waals surface area contributed by atoms with E-state index < -0.39 is 0 Å². The van der Waals surface area contributed by atoms with E-state index in [0.717, 1.165) is 37.5 Å². The fourth-order valence-corrected chi connectivity index (χ4v) is 4.28. The molecule has 2 aromatic carbocycles. The summed E-state index contributed by atoms with van der Waals surface area (Å²) >= 11 is 1.32. The van der Waals surface area contributed by atoms with Crippen LogP contribution in [0.4, 0.5) is 9.52 Å². The highest BCUT2D eigenvalue weighted by Crippen LogP contribution is 2.29. The Hall–Kier alpha value is -2.55. The number of anilines is 1. The average molecular weight is 416 g/mol. The number of morpholine rings is 1. The molecule has 0 radical (unpaired) electrons. The average Bonchev–Trinajstić information content (AvgIpc) is 3.16. The Labute approximate surface area is 172 Å². The van der Waals surface area contributed by atoms with Crippen molar-refractivity contribution in [3.8, 4) is 5.75 Å². The van der Waals surface area contributed by atoms with Gasteiger partial charge >= 0.3 is 0 Å². The summed E-state index contributed by atoms with van der Waals surface area (Å²) in [5.74, 6) is 0.169. The van der Waals surface area contributed by atoms with E-state index in [-0.39, 0.29) is 18.3 Å². The molecule has 0 spiro atoms. The molecular weight excluding hydrogens is 393 g/mol. The van der Waals surface area contributed by atoms with Gasteiger partial charge in [-0.25, -0.2) is 9.37 Å². The summed E-state index contributed by atoms with van der Waals surface area (Å²) in [6.45, 7) is 4.56. The zero-order valence-corrected chi connectivity index (χ0v) is 16.8. The van der Waals surface area contributed by atoms with Crippen LogP contribution in [0.25, 0.3) is 10.2 Å². The molecule has 0 bridgehead atoms. The maximum Gasteiger partial charge on any atom is 0.266 e. The van der Waals surface area contributed by atoms with Crippen molar-refractivity contribution < 1.29 is 23.6 Å². The van der Waals surface area contributed by atoms with E-state index in [0.29, 0.717) is 22.9 Å². The maximum absolute atomic E-state index is 13.6. The van der Waals surface area contributed by atoms with Gasteiger partial charge in [0.25, 0.3) is 5.91 Å². The number of carbonyl (C=O) groups excluding carboxylic acids is 1. The molecule has 152 valence electrons. The van der Waals surface area contributed by atoms with Gasteiger partial charge in [0.15, 0.2) is 11.7 Å². The zero-order chi connectivity index (χ0) is 20.1. The molecule has 29 heavy (non-hydrogen) atoms. The minimum absolute atomic E-state index is 0.0766. The van der Waals surface area contributed by atoms with Crippen LogP contribution in [-0.2, 0) is 9.53 Å². The molecule has 0 atom stereocenters. The van der Waals surface area contributed by atoms with Crippen LogP contribution in [0.2, 0.25) is 0 Å². The molecule has 8 heteroatoms. The van der Waals surface area contributed by atoms with Gasteiger partial charge in [-0.1, -0.05) is 29.5 Å². The van der Waals surface area contributed by atoms with Gasteiger partial charge in [0.05, 0.1) is 36.5 Å². The summed E-state index contributed by atoms with van der Waals surface area (Å²) in [5.41, 5.74) is 0.687. The number of hydrogen-bond acceptors (Lipinski definition) is 5. The smallest absolute Gasteiger partial charge is 0.266 e. The quantitative estimate of drug-likeness (QED) is 0.638. The van der Waals surface area contributed by atoms with Crippen LogP contribution < -0.4 is 14.5 Å². The van der Waals surface area contributed by atoms with E-state index in [1.165, 1.54) is 28.4 Å². The van der Waals surface area contributed by atoms with Crippen molar-refractivity contribution in [1.82, 2.24) is 4.98 Å². The standard InChI is InChI=1S/C21H22FN3O3S/c22-16-6-7-18-19(14-16)29-21(23-18)25(9-8-24-10-12-27-13-11-24)20(26)15-28-17-4-2-1-3-5-17/h1-7,14H,8-13,15H2/p+1. The summed E-state index contributed by atoms with van der Waals surface area (Å²) in [6.07, 6.45) is 0. The third-order valence-corrected chi connectivity index (χ3v) is 5.91. The second-order valence-electron chi connectivity index (χ2n) is 6.87. The number of hydrogen-bond donors (Lipinski definition) is 1. The minimum atomic E-state index is -0.309. The number of quaternary nitrogens is 1. The lowest BCUT2D eigenvalue weighted by Crippen LogP contribution is -3.14. The molecule has 1 aliphatic heterocycles. The molecule has 4 rings (SSSR count). The first kappa shape index (κ1) is 19.8. The van der Waals surface area contributed by atoms with Crippen LogP contribution in [0.15, 0.2) is 48.5 Å². The number of para-hydroxylation sites is 1. The molecule has 0 saturated carbocycles. The first-order valence-electron chi connectivity index (χ1n) is 9.65. The number of amides is 1. The molecule has 0 unspecified atom stereocenters. The van der Waals surface area contributed by atoms with Gasteiger partial charge < -0.3 is 14.4 Å². The maximum atomic E-state index is 13.6. The van der Waals surface area contributed by atoms with Crippen molar-refractivity contribution in [2.45, 2.75) is 0 Å². The lowest BCUT2D eigenvalue weighted by molar-refractivity contribution is -0.906. The minimum Gasteiger partial charge on any atom is -0.484 e. The van der Waals surface area contributed by atoms with Crippen LogP contribution in [0.5, 0.6) is 5.75 Å².